The normalized spacial score (nSPS) is 14.3. The Bertz CT molecular complexity index is 578. The molecule has 0 atom stereocenters. The maximum atomic E-state index is 11.8. The summed E-state index contributed by atoms with van der Waals surface area (Å²) in [6, 6.07) is 6.38. The van der Waals surface area contributed by atoms with E-state index in [0.717, 1.165) is 4.90 Å². The average Bonchev–Trinajstić information content (AvgIpc) is 2.53. The van der Waals surface area contributed by atoms with Crippen LogP contribution >= 0.6 is 0 Å². The van der Waals surface area contributed by atoms with Crippen LogP contribution in [0, 0.1) is 0 Å². The van der Waals surface area contributed by atoms with Gasteiger partial charge in [0, 0.05) is 12.3 Å². The van der Waals surface area contributed by atoms with Crippen molar-refractivity contribution in [1.29, 1.82) is 0 Å². The summed E-state index contributed by atoms with van der Waals surface area (Å²) in [4.78, 5) is 24.6. The molecule has 0 unspecified atom stereocenters. The Labute approximate surface area is 132 Å². The molecule has 0 fully saturated rings. The van der Waals surface area contributed by atoms with E-state index < -0.39 is 27.7 Å². The molecule has 0 aromatic heterocycles. The third-order valence-corrected chi connectivity index (χ3v) is 3.44. The second kappa shape index (κ2) is 6.15. The van der Waals surface area contributed by atoms with E-state index in [4.69, 9.17) is 0 Å². The Morgan fingerprint density at radius 3 is 1.95 bits per heavy atom. The molecule has 2 rings (SSSR count). The predicted octanol–water partition coefficient (Wildman–Crippen LogP) is -2.78. The van der Waals surface area contributed by atoms with Gasteiger partial charge in [0.25, 0.3) is 11.8 Å². The summed E-state index contributed by atoms with van der Waals surface area (Å²) in [7, 11) is -4.32. The second-order valence-electron chi connectivity index (χ2n) is 3.92. The first kappa shape index (κ1) is 16.3. The number of rotatable bonds is 4. The predicted molar refractivity (Wildman–Crippen MR) is 61.0 cm³/mol. The van der Waals surface area contributed by atoms with Gasteiger partial charge in [0.15, 0.2) is 0 Å². The van der Waals surface area contributed by atoms with E-state index in [-0.39, 0.29) is 42.5 Å². The first-order valence-corrected chi connectivity index (χ1v) is 6.87. The van der Waals surface area contributed by atoms with Gasteiger partial charge in [-0.3, -0.25) is 14.5 Å². The van der Waals surface area contributed by atoms with Crippen LogP contribution in [0.15, 0.2) is 24.3 Å². The van der Waals surface area contributed by atoms with E-state index in [1.165, 1.54) is 0 Å². The molecule has 0 spiro atoms. The number of amides is 2. The van der Waals surface area contributed by atoms with Gasteiger partial charge in [-0.1, -0.05) is 12.1 Å². The minimum Gasteiger partial charge on any atom is -0.748 e. The van der Waals surface area contributed by atoms with Crippen molar-refractivity contribution >= 4 is 21.9 Å². The van der Waals surface area contributed by atoms with E-state index in [9.17, 15) is 22.6 Å². The number of fused-ring (bicyclic) bond motifs is 1. The number of benzene rings is 1. The molecule has 0 radical (unpaired) electrons. The molecule has 96 valence electrons. The molecule has 8 heteroatoms. The molecule has 6 nitrogen and oxygen atoms in total. The summed E-state index contributed by atoms with van der Waals surface area (Å²) < 4.78 is 31.3. The van der Waals surface area contributed by atoms with E-state index in [1.807, 2.05) is 0 Å². The van der Waals surface area contributed by atoms with Crippen molar-refractivity contribution in [3.63, 3.8) is 0 Å². The third kappa shape index (κ3) is 3.64. The number of hydrogen-bond acceptors (Lipinski definition) is 5. The fourth-order valence-corrected chi connectivity index (χ4v) is 2.32. The molecule has 0 saturated heterocycles. The van der Waals surface area contributed by atoms with Crippen LogP contribution < -0.4 is 29.6 Å². The number of carbonyl (C=O) groups is 2. The van der Waals surface area contributed by atoms with Gasteiger partial charge in [-0.25, -0.2) is 8.42 Å². The summed E-state index contributed by atoms with van der Waals surface area (Å²) in [5, 5.41) is 0. The van der Waals surface area contributed by atoms with E-state index >= 15 is 0 Å². The van der Waals surface area contributed by atoms with Gasteiger partial charge in [-0.05, 0) is 18.6 Å². The quantitative estimate of drug-likeness (QED) is 0.340. The van der Waals surface area contributed by atoms with Crippen LogP contribution in [0.25, 0.3) is 0 Å². The maximum Gasteiger partial charge on any atom is 1.00 e. The summed E-state index contributed by atoms with van der Waals surface area (Å²) in [6.07, 6.45) is -0.0443. The largest absolute Gasteiger partial charge is 1.00 e. The van der Waals surface area contributed by atoms with Crippen LogP contribution in [0.3, 0.4) is 0 Å². The van der Waals surface area contributed by atoms with Crippen molar-refractivity contribution < 1.29 is 52.1 Å². The average molecular weight is 291 g/mol. The standard InChI is InChI=1S/C11H11NO5S.Na/c13-10-8-4-1-2-5-9(8)11(14)12(10)6-3-7-18(15,16)17;/h1-2,4-5H,3,6-7H2,(H,15,16,17);/q;+1/p-1. The summed E-state index contributed by atoms with van der Waals surface area (Å²) in [6.45, 7) is -0.0617. The van der Waals surface area contributed by atoms with Crippen LogP contribution in [0.4, 0.5) is 0 Å². The molecule has 0 saturated carbocycles. The van der Waals surface area contributed by atoms with Crippen molar-refractivity contribution in [2.45, 2.75) is 6.42 Å². The molecule has 1 aromatic carbocycles. The minimum atomic E-state index is -4.32. The minimum absolute atomic E-state index is 0. The molecular formula is C11H10NNaO5S. The van der Waals surface area contributed by atoms with Crippen LogP contribution in [0.1, 0.15) is 27.1 Å². The van der Waals surface area contributed by atoms with E-state index in [1.54, 1.807) is 24.3 Å². The smallest absolute Gasteiger partial charge is 0.748 e. The van der Waals surface area contributed by atoms with Gasteiger partial charge < -0.3 is 4.55 Å². The van der Waals surface area contributed by atoms with Crippen molar-refractivity contribution in [3.8, 4) is 0 Å². The second-order valence-corrected chi connectivity index (χ2v) is 5.45. The summed E-state index contributed by atoms with van der Waals surface area (Å²) >= 11 is 0. The molecule has 19 heavy (non-hydrogen) atoms. The fraction of sp³-hybridized carbons (Fsp3) is 0.273. The molecule has 1 aliphatic rings. The Morgan fingerprint density at radius 1 is 1.05 bits per heavy atom. The molecule has 0 bridgehead atoms. The van der Waals surface area contributed by atoms with Gasteiger partial charge in [-0.15, -0.1) is 0 Å². The topological polar surface area (TPSA) is 94.6 Å². The van der Waals surface area contributed by atoms with Crippen LogP contribution in [0.2, 0.25) is 0 Å². The monoisotopic (exact) mass is 291 g/mol. The Kier molecular flexibility index (Phi) is 5.28. The molecule has 0 aliphatic carbocycles. The van der Waals surface area contributed by atoms with Gasteiger partial charge in [0.1, 0.15) is 0 Å². The van der Waals surface area contributed by atoms with Gasteiger partial charge in [0.05, 0.1) is 21.2 Å². The SMILES string of the molecule is O=C1c2ccccc2C(=O)N1CCCS(=O)(=O)[O-].[Na+]. The van der Waals surface area contributed by atoms with Gasteiger partial charge >= 0.3 is 29.6 Å². The number of carbonyl (C=O) groups excluding carboxylic acids is 2. The van der Waals surface area contributed by atoms with Crippen LogP contribution in [-0.2, 0) is 10.1 Å². The van der Waals surface area contributed by atoms with Crippen molar-refractivity contribution in [3.05, 3.63) is 35.4 Å². The maximum absolute atomic E-state index is 11.8. The van der Waals surface area contributed by atoms with Gasteiger partial charge in [-0.2, -0.15) is 0 Å². The number of imide groups is 1. The Hall–Kier alpha value is -0.730. The van der Waals surface area contributed by atoms with E-state index in [2.05, 4.69) is 0 Å². The van der Waals surface area contributed by atoms with Crippen molar-refractivity contribution in [2.75, 3.05) is 12.3 Å². The molecular weight excluding hydrogens is 281 g/mol. The zero-order valence-corrected chi connectivity index (χ0v) is 13.1. The molecule has 1 heterocycles. The van der Waals surface area contributed by atoms with Crippen molar-refractivity contribution in [1.82, 2.24) is 4.90 Å². The summed E-state index contributed by atoms with van der Waals surface area (Å²) in [5.41, 5.74) is 0.625. The van der Waals surface area contributed by atoms with Crippen LogP contribution in [-0.4, -0.2) is 42.0 Å². The van der Waals surface area contributed by atoms with E-state index in [0.29, 0.717) is 11.1 Å². The zero-order valence-electron chi connectivity index (χ0n) is 10.3. The third-order valence-electron chi connectivity index (χ3n) is 2.65. The Morgan fingerprint density at radius 2 is 1.53 bits per heavy atom. The molecule has 1 aromatic rings. The fourth-order valence-electron chi connectivity index (χ4n) is 1.84. The Balaban J connectivity index is 0.00000180. The number of hydrogen-bond donors (Lipinski definition) is 0. The molecule has 2 amide bonds. The zero-order chi connectivity index (χ0) is 13.3. The van der Waals surface area contributed by atoms with Crippen molar-refractivity contribution in [2.24, 2.45) is 0 Å². The first-order chi connectivity index (χ1) is 8.40. The van der Waals surface area contributed by atoms with Gasteiger partial charge in [0.2, 0.25) is 0 Å². The first-order valence-electron chi connectivity index (χ1n) is 5.29. The molecule has 0 N–H and O–H groups in total. The van der Waals surface area contributed by atoms with Crippen LogP contribution in [0.5, 0.6) is 0 Å². The molecule has 1 aliphatic heterocycles. The number of nitrogens with zero attached hydrogens (tertiary/aromatic N) is 1. The summed E-state index contributed by atoms with van der Waals surface area (Å²) in [5.74, 6) is -1.47.